The number of hydrogen-bond donors (Lipinski definition) is 1. The van der Waals surface area contributed by atoms with Gasteiger partial charge in [0.2, 0.25) is 0 Å². The summed E-state index contributed by atoms with van der Waals surface area (Å²) in [6.07, 6.45) is -5.45. The van der Waals surface area contributed by atoms with E-state index in [0.29, 0.717) is 13.0 Å². The van der Waals surface area contributed by atoms with Crippen LogP contribution in [0.1, 0.15) is 33.6 Å². The van der Waals surface area contributed by atoms with Gasteiger partial charge in [-0.25, -0.2) is 4.79 Å². The summed E-state index contributed by atoms with van der Waals surface area (Å²) in [5.74, 6) is -0.763. The average Bonchev–Trinajstić information content (AvgIpc) is 2.16. The molecular weight excluding hydrogens is 261 g/mol. The van der Waals surface area contributed by atoms with Crippen molar-refractivity contribution in [2.75, 3.05) is 13.1 Å². The maximum Gasteiger partial charge on any atom is 0.410 e. The molecule has 2 N–H and O–H groups in total. The molecule has 112 valence electrons. The lowest BCUT2D eigenvalue weighted by Gasteiger charge is -2.37. The first kappa shape index (κ1) is 16.1. The molecule has 0 bridgehead atoms. The Morgan fingerprint density at radius 1 is 1.37 bits per heavy atom. The molecule has 1 amide bonds. The number of likely N-dealkylation sites (tertiary alicyclic amines) is 1. The molecule has 1 aliphatic rings. The monoisotopic (exact) mass is 282 g/mol. The number of carbonyl (C=O) groups is 1. The first-order chi connectivity index (χ1) is 8.48. The van der Waals surface area contributed by atoms with Gasteiger partial charge in [0.15, 0.2) is 0 Å². The molecule has 4 nitrogen and oxygen atoms in total. The largest absolute Gasteiger partial charge is 0.444 e. The van der Waals surface area contributed by atoms with E-state index < -0.39 is 36.3 Å². The smallest absolute Gasteiger partial charge is 0.410 e. The number of halogens is 3. The minimum atomic E-state index is -4.26. The van der Waals surface area contributed by atoms with Crippen molar-refractivity contribution in [3.05, 3.63) is 0 Å². The van der Waals surface area contributed by atoms with Crippen molar-refractivity contribution < 1.29 is 22.7 Å². The summed E-state index contributed by atoms with van der Waals surface area (Å²) in [7, 11) is 0. The van der Waals surface area contributed by atoms with Crippen LogP contribution in [0.25, 0.3) is 0 Å². The molecule has 19 heavy (non-hydrogen) atoms. The van der Waals surface area contributed by atoms with Crippen LogP contribution in [0.15, 0.2) is 0 Å². The third-order valence-electron chi connectivity index (χ3n) is 2.94. The molecule has 0 radical (unpaired) electrons. The van der Waals surface area contributed by atoms with E-state index in [2.05, 4.69) is 0 Å². The van der Waals surface area contributed by atoms with E-state index >= 15 is 0 Å². The fraction of sp³-hybridized carbons (Fsp3) is 0.917. The molecule has 1 rings (SSSR count). The van der Waals surface area contributed by atoms with E-state index in [-0.39, 0.29) is 6.54 Å². The van der Waals surface area contributed by atoms with Crippen LogP contribution < -0.4 is 5.73 Å². The predicted molar refractivity (Wildman–Crippen MR) is 64.6 cm³/mol. The normalized spacial score (nSPS) is 25.3. The van der Waals surface area contributed by atoms with Gasteiger partial charge in [-0.3, -0.25) is 0 Å². The van der Waals surface area contributed by atoms with E-state index in [4.69, 9.17) is 10.5 Å². The van der Waals surface area contributed by atoms with Crippen molar-refractivity contribution >= 4 is 6.09 Å². The Kier molecular flexibility index (Phi) is 4.71. The van der Waals surface area contributed by atoms with Crippen LogP contribution in [0, 0.1) is 5.92 Å². The lowest BCUT2D eigenvalue weighted by atomic mass is 9.90. The first-order valence-electron chi connectivity index (χ1n) is 6.28. The lowest BCUT2D eigenvalue weighted by Crippen LogP contribution is -2.51. The highest BCUT2D eigenvalue weighted by Gasteiger charge is 2.39. The fourth-order valence-corrected chi connectivity index (χ4v) is 2.06. The molecule has 0 aromatic heterocycles. The van der Waals surface area contributed by atoms with Gasteiger partial charge in [-0.05, 0) is 27.2 Å². The number of piperidine rings is 1. The number of alkyl halides is 3. The predicted octanol–water partition coefficient (Wildman–Crippen LogP) is 2.52. The van der Waals surface area contributed by atoms with E-state index in [1.165, 1.54) is 4.90 Å². The van der Waals surface area contributed by atoms with Crippen LogP contribution >= 0.6 is 0 Å². The van der Waals surface area contributed by atoms with Crippen molar-refractivity contribution in [3.63, 3.8) is 0 Å². The molecular formula is C12H21F3N2O2. The van der Waals surface area contributed by atoms with Gasteiger partial charge in [-0.15, -0.1) is 0 Å². The Balaban J connectivity index is 2.61. The molecule has 7 heteroatoms. The summed E-state index contributed by atoms with van der Waals surface area (Å²) in [5.41, 5.74) is 5.04. The highest BCUT2D eigenvalue weighted by Crippen LogP contribution is 2.30. The van der Waals surface area contributed by atoms with Crippen LogP contribution in [-0.2, 0) is 4.74 Å². The molecule has 1 fully saturated rings. The summed E-state index contributed by atoms with van der Waals surface area (Å²) in [5, 5.41) is 0. The zero-order valence-electron chi connectivity index (χ0n) is 11.5. The Hall–Kier alpha value is -0.980. The topological polar surface area (TPSA) is 55.6 Å². The summed E-state index contributed by atoms with van der Waals surface area (Å²) in [6, 6.07) is -0.527. The number of hydrogen-bond acceptors (Lipinski definition) is 3. The standard InChI is InChI=1S/C12H21F3N2O2/c1-11(2,3)19-10(18)17-5-4-9(16)8(7-17)6-12(13,14)15/h8-9H,4-7,16H2,1-3H3. The lowest BCUT2D eigenvalue weighted by molar-refractivity contribution is -0.149. The van der Waals surface area contributed by atoms with E-state index in [9.17, 15) is 18.0 Å². The van der Waals surface area contributed by atoms with E-state index in [0.717, 1.165) is 0 Å². The number of amides is 1. The number of rotatable bonds is 1. The second-order valence-electron chi connectivity index (χ2n) is 5.96. The minimum absolute atomic E-state index is 0.00438. The van der Waals surface area contributed by atoms with Crippen LogP contribution in [0.2, 0.25) is 0 Å². The van der Waals surface area contributed by atoms with Crippen molar-refractivity contribution in [1.82, 2.24) is 4.90 Å². The molecule has 2 atom stereocenters. The number of nitrogens with zero attached hydrogens (tertiary/aromatic N) is 1. The van der Waals surface area contributed by atoms with Gasteiger partial charge in [0.05, 0.1) is 0 Å². The maximum atomic E-state index is 12.4. The summed E-state index contributed by atoms with van der Waals surface area (Å²) >= 11 is 0. The summed E-state index contributed by atoms with van der Waals surface area (Å²) in [4.78, 5) is 13.1. The van der Waals surface area contributed by atoms with Crippen LogP contribution in [-0.4, -0.2) is 41.9 Å². The molecule has 0 spiro atoms. The van der Waals surface area contributed by atoms with Gasteiger partial charge in [-0.2, -0.15) is 13.2 Å². The average molecular weight is 282 g/mol. The molecule has 1 heterocycles. The van der Waals surface area contributed by atoms with Crippen LogP contribution in [0.5, 0.6) is 0 Å². The SMILES string of the molecule is CC(C)(C)OC(=O)N1CCC(N)C(CC(F)(F)F)C1. The maximum absolute atomic E-state index is 12.4. The zero-order valence-corrected chi connectivity index (χ0v) is 11.5. The first-order valence-corrected chi connectivity index (χ1v) is 6.28. The summed E-state index contributed by atoms with van der Waals surface area (Å²) in [6.45, 7) is 5.48. The molecule has 0 aromatic carbocycles. The van der Waals surface area contributed by atoms with Gasteiger partial charge in [0.25, 0.3) is 0 Å². The highest BCUT2D eigenvalue weighted by atomic mass is 19.4. The van der Waals surface area contributed by atoms with Crippen molar-refractivity contribution in [2.45, 2.75) is 51.4 Å². The van der Waals surface area contributed by atoms with Gasteiger partial charge in [0.1, 0.15) is 5.60 Å². The summed E-state index contributed by atoms with van der Waals surface area (Å²) < 4.78 is 42.4. The fourth-order valence-electron chi connectivity index (χ4n) is 2.06. The molecule has 0 aromatic rings. The van der Waals surface area contributed by atoms with Crippen molar-refractivity contribution in [1.29, 1.82) is 0 Å². The second kappa shape index (κ2) is 5.56. The third-order valence-corrected chi connectivity index (χ3v) is 2.94. The Bertz CT molecular complexity index is 326. The van der Waals surface area contributed by atoms with Gasteiger partial charge in [-0.1, -0.05) is 0 Å². The second-order valence-corrected chi connectivity index (χ2v) is 5.96. The third kappa shape index (κ3) is 5.67. The zero-order chi connectivity index (χ0) is 14.8. The quantitative estimate of drug-likeness (QED) is 0.804. The highest BCUT2D eigenvalue weighted by molar-refractivity contribution is 5.68. The van der Waals surface area contributed by atoms with Crippen molar-refractivity contribution in [2.24, 2.45) is 11.7 Å². The molecule has 1 aliphatic heterocycles. The van der Waals surface area contributed by atoms with E-state index in [1.54, 1.807) is 20.8 Å². The number of carbonyl (C=O) groups excluding carboxylic acids is 1. The van der Waals surface area contributed by atoms with Gasteiger partial charge >= 0.3 is 12.3 Å². The molecule has 1 saturated heterocycles. The molecule has 0 saturated carbocycles. The molecule has 2 unspecified atom stereocenters. The molecule has 0 aliphatic carbocycles. The minimum Gasteiger partial charge on any atom is -0.444 e. The number of ether oxygens (including phenoxy) is 1. The van der Waals surface area contributed by atoms with Crippen LogP contribution in [0.3, 0.4) is 0 Å². The van der Waals surface area contributed by atoms with E-state index in [1.807, 2.05) is 0 Å². The van der Waals surface area contributed by atoms with Crippen LogP contribution in [0.4, 0.5) is 18.0 Å². The Morgan fingerprint density at radius 2 is 1.95 bits per heavy atom. The number of nitrogens with two attached hydrogens (primary N) is 1. The van der Waals surface area contributed by atoms with Gasteiger partial charge in [0, 0.05) is 31.5 Å². The van der Waals surface area contributed by atoms with Gasteiger partial charge < -0.3 is 15.4 Å². The Labute approximate surface area is 111 Å². The Morgan fingerprint density at radius 3 is 2.42 bits per heavy atom. The van der Waals surface area contributed by atoms with Crippen molar-refractivity contribution in [3.8, 4) is 0 Å².